The molecule has 1 saturated carbocycles. The first kappa shape index (κ1) is 14.3. The Bertz CT molecular complexity index is 660. The summed E-state index contributed by atoms with van der Waals surface area (Å²) in [5.41, 5.74) is 1.93. The molecule has 1 aromatic carbocycles. The van der Waals surface area contributed by atoms with Crippen LogP contribution < -0.4 is 0 Å². The van der Waals surface area contributed by atoms with Crippen LogP contribution in [0.15, 0.2) is 34.9 Å². The lowest BCUT2D eigenvalue weighted by Gasteiger charge is -2.20. The van der Waals surface area contributed by atoms with E-state index in [1.165, 1.54) is 6.42 Å². The summed E-state index contributed by atoms with van der Waals surface area (Å²) >= 11 is 3.49. The van der Waals surface area contributed by atoms with E-state index in [0.29, 0.717) is 5.56 Å². The Morgan fingerprint density at radius 2 is 1.95 bits per heavy atom. The number of hydrogen-bond acceptors (Lipinski definition) is 2. The molecule has 1 aliphatic carbocycles. The number of carboxylic acids is 1. The molecule has 0 bridgehead atoms. The SMILES string of the molecule is O=C(O)c1cn(-c2ccccc2Br)nc1C1CCCCC1. The third kappa shape index (κ3) is 2.88. The van der Waals surface area contributed by atoms with E-state index >= 15 is 0 Å². The quantitative estimate of drug-likeness (QED) is 0.895. The van der Waals surface area contributed by atoms with Crippen molar-refractivity contribution < 1.29 is 9.90 Å². The van der Waals surface area contributed by atoms with Gasteiger partial charge in [-0.1, -0.05) is 31.4 Å². The molecule has 0 atom stereocenters. The van der Waals surface area contributed by atoms with Crippen LogP contribution in [0.1, 0.15) is 54.1 Å². The van der Waals surface area contributed by atoms with Gasteiger partial charge in [-0.15, -0.1) is 0 Å². The Morgan fingerprint density at radius 3 is 2.62 bits per heavy atom. The third-order valence-corrected chi connectivity index (χ3v) is 4.73. The van der Waals surface area contributed by atoms with E-state index in [-0.39, 0.29) is 5.92 Å². The van der Waals surface area contributed by atoms with Crippen LogP contribution in [0, 0.1) is 0 Å². The number of rotatable bonds is 3. The molecule has 0 unspecified atom stereocenters. The van der Waals surface area contributed by atoms with Gasteiger partial charge in [0.05, 0.1) is 11.4 Å². The molecule has 0 radical (unpaired) electrons. The average Bonchev–Trinajstić information content (AvgIpc) is 2.94. The van der Waals surface area contributed by atoms with Gasteiger partial charge in [0, 0.05) is 16.6 Å². The highest BCUT2D eigenvalue weighted by molar-refractivity contribution is 9.10. The van der Waals surface area contributed by atoms with E-state index < -0.39 is 5.97 Å². The van der Waals surface area contributed by atoms with E-state index in [9.17, 15) is 9.90 Å². The zero-order chi connectivity index (χ0) is 14.8. The van der Waals surface area contributed by atoms with Crippen molar-refractivity contribution in [3.63, 3.8) is 0 Å². The van der Waals surface area contributed by atoms with E-state index in [2.05, 4.69) is 21.0 Å². The highest BCUT2D eigenvalue weighted by Crippen LogP contribution is 2.34. The maximum absolute atomic E-state index is 11.5. The normalized spacial score (nSPS) is 16.0. The highest BCUT2D eigenvalue weighted by atomic mass is 79.9. The number of aromatic nitrogens is 2. The predicted molar refractivity (Wildman–Crippen MR) is 84.0 cm³/mol. The number of hydrogen-bond donors (Lipinski definition) is 1. The van der Waals surface area contributed by atoms with Gasteiger partial charge in [-0.05, 0) is 40.9 Å². The van der Waals surface area contributed by atoms with Crippen LogP contribution in [0.4, 0.5) is 0 Å². The minimum absolute atomic E-state index is 0.272. The number of aromatic carboxylic acids is 1. The topological polar surface area (TPSA) is 55.1 Å². The van der Waals surface area contributed by atoms with E-state index in [1.807, 2.05) is 24.3 Å². The van der Waals surface area contributed by atoms with E-state index in [1.54, 1.807) is 10.9 Å². The summed E-state index contributed by atoms with van der Waals surface area (Å²) in [6.07, 6.45) is 7.26. The maximum atomic E-state index is 11.5. The summed E-state index contributed by atoms with van der Waals surface area (Å²) in [5, 5.41) is 14.1. The van der Waals surface area contributed by atoms with Crippen molar-refractivity contribution in [3.8, 4) is 5.69 Å². The Morgan fingerprint density at radius 1 is 1.24 bits per heavy atom. The van der Waals surface area contributed by atoms with Crippen molar-refractivity contribution in [2.24, 2.45) is 0 Å². The molecule has 1 aromatic heterocycles. The molecule has 110 valence electrons. The van der Waals surface area contributed by atoms with Gasteiger partial charge in [0.2, 0.25) is 0 Å². The number of carbonyl (C=O) groups is 1. The van der Waals surface area contributed by atoms with Crippen molar-refractivity contribution in [3.05, 3.63) is 46.2 Å². The van der Waals surface area contributed by atoms with Gasteiger partial charge in [0.25, 0.3) is 0 Å². The lowest BCUT2D eigenvalue weighted by molar-refractivity contribution is 0.0694. The molecular weight excluding hydrogens is 332 g/mol. The van der Waals surface area contributed by atoms with Gasteiger partial charge >= 0.3 is 5.97 Å². The Balaban J connectivity index is 2.04. The van der Waals surface area contributed by atoms with Gasteiger partial charge in [-0.2, -0.15) is 5.10 Å². The molecular formula is C16H17BrN2O2. The van der Waals surface area contributed by atoms with Crippen molar-refractivity contribution in [2.45, 2.75) is 38.0 Å². The predicted octanol–water partition coefficient (Wildman–Crippen LogP) is 4.38. The van der Waals surface area contributed by atoms with Gasteiger partial charge in [0.1, 0.15) is 5.56 Å². The molecule has 1 fully saturated rings. The molecule has 1 heterocycles. The fraction of sp³-hybridized carbons (Fsp3) is 0.375. The fourth-order valence-corrected chi connectivity index (χ4v) is 3.46. The first-order chi connectivity index (χ1) is 10.2. The molecule has 2 aromatic rings. The maximum Gasteiger partial charge on any atom is 0.339 e. The monoisotopic (exact) mass is 348 g/mol. The molecule has 21 heavy (non-hydrogen) atoms. The molecule has 3 rings (SSSR count). The summed E-state index contributed by atoms with van der Waals surface area (Å²) in [5.74, 6) is -0.623. The number of nitrogens with zero attached hydrogens (tertiary/aromatic N) is 2. The lowest BCUT2D eigenvalue weighted by atomic mass is 9.85. The molecule has 0 saturated heterocycles. The van der Waals surface area contributed by atoms with Crippen molar-refractivity contribution >= 4 is 21.9 Å². The molecule has 0 aliphatic heterocycles. The largest absolute Gasteiger partial charge is 0.478 e. The van der Waals surface area contributed by atoms with Crippen LogP contribution in [-0.2, 0) is 0 Å². The number of para-hydroxylation sites is 1. The number of carboxylic acid groups (broad SMARTS) is 1. The minimum Gasteiger partial charge on any atom is -0.478 e. The fourth-order valence-electron chi connectivity index (χ4n) is 2.99. The summed E-state index contributed by atoms with van der Waals surface area (Å²) in [6.45, 7) is 0. The van der Waals surface area contributed by atoms with Crippen molar-refractivity contribution in [2.75, 3.05) is 0 Å². The summed E-state index contributed by atoms with van der Waals surface area (Å²) in [7, 11) is 0. The summed E-state index contributed by atoms with van der Waals surface area (Å²) in [4.78, 5) is 11.5. The third-order valence-electron chi connectivity index (χ3n) is 4.06. The first-order valence-corrected chi connectivity index (χ1v) is 8.04. The van der Waals surface area contributed by atoms with Crippen LogP contribution in [0.3, 0.4) is 0 Å². The van der Waals surface area contributed by atoms with E-state index in [4.69, 9.17) is 0 Å². The molecule has 4 nitrogen and oxygen atoms in total. The molecule has 0 spiro atoms. The van der Waals surface area contributed by atoms with Crippen LogP contribution in [0.5, 0.6) is 0 Å². The number of halogens is 1. The zero-order valence-electron chi connectivity index (χ0n) is 11.6. The first-order valence-electron chi connectivity index (χ1n) is 7.24. The lowest BCUT2D eigenvalue weighted by Crippen LogP contribution is -2.10. The second-order valence-electron chi connectivity index (χ2n) is 5.46. The van der Waals surface area contributed by atoms with Gasteiger partial charge < -0.3 is 5.11 Å². The molecule has 0 amide bonds. The van der Waals surface area contributed by atoms with Crippen LogP contribution in [0.25, 0.3) is 5.69 Å². The van der Waals surface area contributed by atoms with Crippen molar-refractivity contribution in [1.29, 1.82) is 0 Å². The highest BCUT2D eigenvalue weighted by Gasteiger charge is 2.25. The van der Waals surface area contributed by atoms with Gasteiger partial charge in [0.15, 0.2) is 0 Å². The van der Waals surface area contributed by atoms with Crippen LogP contribution in [0.2, 0.25) is 0 Å². The standard InChI is InChI=1S/C16H17BrN2O2/c17-13-8-4-5-9-14(13)19-10-12(16(20)21)15(18-19)11-6-2-1-3-7-11/h4-5,8-11H,1-3,6-7H2,(H,20,21). The summed E-state index contributed by atoms with van der Waals surface area (Å²) in [6, 6.07) is 7.70. The van der Waals surface area contributed by atoms with E-state index in [0.717, 1.165) is 41.5 Å². The second kappa shape index (κ2) is 6.02. The molecule has 5 heteroatoms. The Hall–Kier alpha value is -1.62. The smallest absolute Gasteiger partial charge is 0.339 e. The average molecular weight is 349 g/mol. The summed E-state index contributed by atoms with van der Waals surface area (Å²) < 4.78 is 2.58. The van der Waals surface area contributed by atoms with Gasteiger partial charge in [-0.3, -0.25) is 0 Å². The van der Waals surface area contributed by atoms with Crippen molar-refractivity contribution in [1.82, 2.24) is 9.78 Å². The molecule has 1 N–H and O–H groups in total. The van der Waals surface area contributed by atoms with Gasteiger partial charge in [-0.25, -0.2) is 9.48 Å². The second-order valence-corrected chi connectivity index (χ2v) is 6.32. The van der Waals surface area contributed by atoms with Crippen LogP contribution in [-0.4, -0.2) is 20.9 Å². The zero-order valence-corrected chi connectivity index (χ0v) is 13.2. The van der Waals surface area contributed by atoms with Crippen LogP contribution >= 0.6 is 15.9 Å². The number of benzene rings is 1. The Labute approximate surface area is 131 Å². The Kier molecular flexibility index (Phi) is 4.10. The molecule has 1 aliphatic rings. The minimum atomic E-state index is -0.895.